The number of carbonyl (C=O) groups excluding carboxylic acids is 3. The number of esters is 3. The molecule has 1 N–H and O–H groups in total. The third kappa shape index (κ3) is 6.56. The summed E-state index contributed by atoms with van der Waals surface area (Å²) in [5, 5.41) is 13.3. The zero-order valence-corrected chi connectivity index (χ0v) is 20.7. The van der Waals surface area contributed by atoms with Crippen LogP contribution in [0, 0.1) is 0 Å². The Balaban J connectivity index is 1.59. The summed E-state index contributed by atoms with van der Waals surface area (Å²) in [5.41, 5.74) is 0.730. The molecule has 1 saturated heterocycles. The van der Waals surface area contributed by atoms with Crippen molar-refractivity contribution in [2.24, 2.45) is 4.99 Å². The summed E-state index contributed by atoms with van der Waals surface area (Å²) in [6, 6.07) is 24.5. The van der Waals surface area contributed by atoms with E-state index in [0.29, 0.717) is 5.56 Å². The largest absolute Gasteiger partial charge is 0.459 e. The lowest BCUT2D eigenvalue weighted by molar-refractivity contribution is -0.226. The summed E-state index contributed by atoms with van der Waals surface area (Å²) in [4.78, 5) is 42.2. The van der Waals surface area contributed by atoms with Gasteiger partial charge in [-0.2, -0.15) is 4.99 Å². The van der Waals surface area contributed by atoms with Crippen LogP contribution < -0.4 is 0 Å². The monoisotopic (exact) mass is 533 g/mol. The number of carbonyl (C=O) groups is 3. The highest BCUT2D eigenvalue weighted by atomic mass is 32.1. The van der Waals surface area contributed by atoms with Crippen LogP contribution in [-0.4, -0.2) is 65.4 Å². The molecule has 0 saturated carbocycles. The molecule has 0 amide bonds. The molecule has 1 fully saturated rings. The third-order valence-corrected chi connectivity index (χ3v) is 5.82. The highest BCUT2D eigenvalue weighted by Gasteiger charge is 2.50. The van der Waals surface area contributed by atoms with Crippen LogP contribution in [0.25, 0.3) is 0 Å². The summed E-state index contributed by atoms with van der Waals surface area (Å²) >= 11 is 4.74. The molecule has 3 aromatic rings. The molecular weight excluding hydrogens is 510 g/mol. The molecule has 0 bridgehead atoms. The average molecular weight is 534 g/mol. The quantitative estimate of drug-likeness (QED) is 0.201. The van der Waals surface area contributed by atoms with E-state index in [2.05, 4.69) is 10.2 Å². The first kappa shape index (κ1) is 26.8. The molecule has 0 aliphatic carbocycles. The normalized spacial score (nSPS) is 22.4. The Morgan fingerprint density at radius 2 is 1.21 bits per heavy atom. The summed E-state index contributed by atoms with van der Waals surface area (Å²) in [7, 11) is 0. The summed E-state index contributed by atoms with van der Waals surface area (Å²) in [6.45, 7) is -0.406. The number of aliphatic hydroxyl groups is 1. The SMILES string of the molecule is O=C(OC[C@H]1O[C@@H](N=C=S)[C@H](OC(=O)c2ccccc2)[C@@H](OC(=O)c2ccccc2)[C@@H]1O)c1ccccc1. The van der Waals surface area contributed by atoms with Gasteiger partial charge in [0, 0.05) is 0 Å². The van der Waals surface area contributed by atoms with Gasteiger partial charge in [-0.1, -0.05) is 54.6 Å². The van der Waals surface area contributed by atoms with Gasteiger partial charge in [0.05, 0.1) is 21.9 Å². The molecule has 9 nitrogen and oxygen atoms in total. The molecule has 0 spiro atoms. The first-order chi connectivity index (χ1) is 18.5. The van der Waals surface area contributed by atoms with Crippen molar-refractivity contribution in [2.75, 3.05) is 6.61 Å². The number of thiocarbonyl (C=S) groups is 1. The molecule has 0 radical (unpaired) electrons. The lowest BCUT2D eigenvalue weighted by Gasteiger charge is -2.41. The molecule has 5 atom stereocenters. The molecule has 10 heteroatoms. The van der Waals surface area contributed by atoms with Crippen molar-refractivity contribution in [1.29, 1.82) is 0 Å². The second-order valence-electron chi connectivity index (χ2n) is 8.21. The Labute approximate surface area is 223 Å². The Bertz CT molecular complexity index is 1300. The van der Waals surface area contributed by atoms with Gasteiger partial charge in [-0.3, -0.25) is 0 Å². The Morgan fingerprint density at radius 3 is 1.68 bits per heavy atom. The number of benzene rings is 3. The fourth-order valence-electron chi connectivity index (χ4n) is 3.81. The summed E-state index contributed by atoms with van der Waals surface area (Å²) in [6.07, 6.45) is -6.89. The standard InChI is InChI=1S/C28H23NO8S/c30-22-21(16-34-26(31)18-10-4-1-5-11-18)35-25(29-17-38)24(37-28(33)20-14-8-3-9-15-20)23(22)36-27(32)19-12-6-2-7-13-19/h1-15,21-25,30H,16H2/t21-,22-,23+,24-,25-/m1/s1. The molecule has 0 aromatic heterocycles. The van der Waals surface area contributed by atoms with Crippen molar-refractivity contribution in [3.8, 4) is 0 Å². The van der Waals surface area contributed by atoms with E-state index in [1.165, 1.54) is 24.3 Å². The van der Waals surface area contributed by atoms with E-state index in [1.54, 1.807) is 66.7 Å². The van der Waals surface area contributed by atoms with Crippen molar-refractivity contribution in [3.63, 3.8) is 0 Å². The van der Waals surface area contributed by atoms with E-state index in [-0.39, 0.29) is 11.1 Å². The van der Waals surface area contributed by atoms with Crippen molar-refractivity contribution in [3.05, 3.63) is 108 Å². The molecule has 3 aromatic carbocycles. The minimum atomic E-state index is -1.56. The third-order valence-electron chi connectivity index (χ3n) is 5.71. The van der Waals surface area contributed by atoms with Crippen molar-refractivity contribution < 1.29 is 38.4 Å². The first-order valence-electron chi connectivity index (χ1n) is 11.6. The molecule has 4 rings (SSSR count). The fourth-order valence-corrected chi connectivity index (χ4v) is 3.91. The van der Waals surface area contributed by atoms with Crippen molar-refractivity contribution >= 4 is 35.3 Å². The predicted molar refractivity (Wildman–Crippen MR) is 138 cm³/mol. The number of isothiocyanates is 1. The average Bonchev–Trinajstić information content (AvgIpc) is 2.96. The van der Waals surface area contributed by atoms with Crippen LogP contribution >= 0.6 is 12.2 Å². The maximum atomic E-state index is 12.9. The van der Waals surface area contributed by atoms with E-state index in [1.807, 2.05) is 0 Å². The van der Waals surface area contributed by atoms with Gasteiger partial charge >= 0.3 is 17.9 Å². The lowest BCUT2D eigenvalue weighted by atomic mass is 9.97. The Kier molecular flexibility index (Phi) is 9.07. The molecule has 194 valence electrons. The molecular formula is C28H23NO8S. The minimum Gasteiger partial charge on any atom is -0.459 e. The van der Waals surface area contributed by atoms with Crippen LogP contribution in [0.15, 0.2) is 96.0 Å². The predicted octanol–water partition coefficient (Wildman–Crippen LogP) is 3.48. The van der Waals surface area contributed by atoms with E-state index in [4.69, 9.17) is 31.2 Å². The molecule has 0 unspecified atom stereocenters. The van der Waals surface area contributed by atoms with E-state index in [9.17, 15) is 19.5 Å². The number of hydrogen-bond donors (Lipinski definition) is 1. The van der Waals surface area contributed by atoms with Crippen LogP contribution in [0.3, 0.4) is 0 Å². The van der Waals surface area contributed by atoms with Crippen molar-refractivity contribution in [1.82, 2.24) is 0 Å². The number of aliphatic hydroxyl groups excluding tert-OH is 1. The number of ether oxygens (including phenoxy) is 4. The number of aliphatic imine (C=N–C) groups is 1. The van der Waals surface area contributed by atoms with E-state index < -0.39 is 55.2 Å². The smallest absolute Gasteiger partial charge is 0.338 e. The summed E-state index contributed by atoms with van der Waals surface area (Å²) in [5.74, 6) is -2.18. The van der Waals surface area contributed by atoms with Gasteiger partial charge in [-0.25, -0.2) is 14.4 Å². The van der Waals surface area contributed by atoms with Crippen molar-refractivity contribution in [2.45, 2.75) is 30.6 Å². The lowest BCUT2D eigenvalue weighted by Crippen LogP contribution is -2.60. The highest BCUT2D eigenvalue weighted by Crippen LogP contribution is 2.29. The minimum absolute atomic E-state index is 0.210. The fraction of sp³-hybridized carbons (Fsp3) is 0.214. The molecule has 1 aliphatic rings. The van der Waals surface area contributed by atoms with Gasteiger partial charge < -0.3 is 24.1 Å². The van der Waals surface area contributed by atoms with Crippen LogP contribution in [0.2, 0.25) is 0 Å². The van der Waals surface area contributed by atoms with E-state index in [0.717, 1.165) is 0 Å². The maximum absolute atomic E-state index is 12.9. The number of nitrogens with zero attached hydrogens (tertiary/aromatic N) is 1. The van der Waals surface area contributed by atoms with Gasteiger partial charge in [0.25, 0.3) is 0 Å². The Morgan fingerprint density at radius 1 is 0.763 bits per heavy atom. The Hall–Kier alpha value is -4.21. The molecule has 38 heavy (non-hydrogen) atoms. The summed E-state index contributed by atoms with van der Waals surface area (Å²) < 4.78 is 22.4. The van der Waals surface area contributed by atoms with Gasteiger partial charge in [-0.15, -0.1) is 0 Å². The van der Waals surface area contributed by atoms with Crippen LogP contribution in [0.1, 0.15) is 31.1 Å². The van der Waals surface area contributed by atoms with Crippen LogP contribution in [0.4, 0.5) is 0 Å². The number of hydrogen-bond acceptors (Lipinski definition) is 10. The zero-order chi connectivity index (χ0) is 26.9. The van der Waals surface area contributed by atoms with Crippen LogP contribution in [0.5, 0.6) is 0 Å². The van der Waals surface area contributed by atoms with E-state index >= 15 is 0 Å². The van der Waals surface area contributed by atoms with Gasteiger partial charge in [0.1, 0.15) is 18.8 Å². The maximum Gasteiger partial charge on any atom is 0.338 e. The van der Waals surface area contributed by atoms with Gasteiger partial charge in [0.15, 0.2) is 18.4 Å². The number of rotatable bonds is 8. The zero-order valence-electron chi connectivity index (χ0n) is 19.9. The van der Waals surface area contributed by atoms with Crippen LogP contribution in [-0.2, 0) is 18.9 Å². The topological polar surface area (TPSA) is 121 Å². The van der Waals surface area contributed by atoms with Gasteiger partial charge in [-0.05, 0) is 48.6 Å². The van der Waals surface area contributed by atoms with Gasteiger partial charge in [0.2, 0.25) is 0 Å². The highest BCUT2D eigenvalue weighted by molar-refractivity contribution is 7.78. The molecule has 1 aliphatic heterocycles. The second-order valence-corrected chi connectivity index (χ2v) is 8.40. The second kappa shape index (κ2) is 12.8. The first-order valence-corrected chi connectivity index (χ1v) is 12.0. The molecule has 1 heterocycles.